The lowest BCUT2D eigenvalue weighted by Gasteiger charge is -1.78. The average Bonchev–Trinajstić information content (AvgIpc) is 1.94. The Hall–Kier alpha value is -1.07. The molecule has 0 aliphatic carbocycles. The lowest BCUT2D eigenvalue weighted by molar-refractivity contribution is 1.55. The molecule has 0 aromatic heterocycles. The van der Waals surface area contributed by atoms with Crippen LogP contribution in [-0.2, 0) is 0 Å². The molecule has 0 N–H and O–H groups in total. The average molecular weight is 105 g/mol. The molecule has 0 saturated heterocycles. The van der Waals surface area contributed by atoms with Gasteiger partial charge in [-0.15, -0.1) is 5.73 Å². The van der Waals surface area contributed by atoms with Crippen molar-refractivity contribution in [3.63, 3.8) is 0 Å². The van der Waals surface area contributed by atoms with Crippen LogP contribution < -0.4 is 0 Å². The minimum Gasteiger partial charge on any atom is -0.261 e. The number of allylic oxidation sites excluding steroid dienone is 2. The van der Waals surface area contributed by atoms with Gasteiger partial charge in [0, 0.05) is 18.0 Å². The second kappa shape index (κ2) is 2.29. The van der Waals surface area contributed by atoms with Gasteiger partial charge in [0.2, 0.25) is 0 Å². The first-order chi connectivity index (χ1) is 3.89. The normalized spacial score (nSPS) is 15.9. The van der Waals surface area contributed by atoms with Crippen molar-refractivity contribution in [3.05, 3.63) is 30.2 Å². The molecule has 8 heavy (non-hydrogen) atoms. The van der Waals surface area contributed by atoms with Gasteiger partial charge in [-0.25, -0.2) is 0 Å². The van der Waals surface area contributed by atoms with E-state index in [1.54, 1.807) is 6.20 Å². The van der Waals surface area contributed by atoms with Gasteiger partial charge in [0.15, 0.2) is 0 Å². The molecule has 1 aliphatic rings. The van der Waals surface area contributed by atoms with E-state index in [0.717, 1.165) is 5.71 Å². The van der Waals surface area contributed by atoms with Gasteiger partial charge in [0.05, 0.1) is 0 Å². The van der Waals surface area contributed by atoms with E-state index in [-0.39, 0.29) is 0 Å². The van der Waals surface area contributed by atoms with Crippen LogP contribution in [0.1, 0.15) is 6.92 Å². The van der Waals surface area contributed by atoms with Crippen LogP contribution in [0.15, 0.2) is 35.2 Å². The van der Waals surface area contributed by atoms with E-state index in [1.807, 2.05) is 25.2 Å². The van der Waals surface area contributed by atoms with Gasteiger partial charge >= 0.3 is 0 Å². The van der Waals surface area contributed by atoms with Gasteiger partial charge in [0.1, 0.15) is 0 Å². The summed E-state index contributed by atoms with van der Waals surface area (Å²) >= 11 is 0. The van der Waals surface area contributed by atoms with Crippen molar-refractivity contribution in [1.82, 2.24) is 0 Å². The highest BCUT2D eigenvalue weighted by Gasteiger charge is 1.77. The fourth-order valence-electron chi connectivity index (χ4n) is 0.465. The second-order valence-electron chi connectivity index (χ2n) is 1.59. The summed E-state index contributed by atoms with van der Waals surface area (Å²) in [7, 11) is 0. The molecule has 0 amide bonds. The van der Waals surface area contributed by atoms with E-state index in [2.05, 4.69) is 10.7 Å². The molecule has 0 radical (unpaired) electrons. The highest BCUT2D eigenvalue weighted by atomic mass is 14.7. The largest absolute Gasteiger partial charge is 0.261 e. The van der Waals surface area contributed by atoms with Crippen molar-refractivity contribution in [2.24, 2.45) is 4.99 Å². The quantitative estimate of drug-likeness (QED) is 0.416. The fraction of sp³-hybridized carbons (Fsp3) is 0.143. The molecule has 0 spiro atoms. The Balaban J connectivity index is 2.94. The van der Waals surface area contributed by atoms with Crippen molar-refractivity contribution < 1.29 is 0 Å². The summed E-state index contributed by atoms with van der Waals surface area (Å²) in [6, 6.07) is 0. The monoisotopic (exact) mass is 105 g/mol. The number of aliphatic imine (C=N–C) groups is 1. The molecule has 40 valence electrons. The van der Waals surface area contributed by atoms with Gasteiger partial charge in [0.25, 0.3) is 0 Å². The molecule has 0 atom stereocenters. The van der Waals surface area contributed by atoms with Crippen molar-refractivity contribution in [2.45, 2.75) is 6.92 Å². The highest BCUT2D eigenvalue weighted by Crippen LogP contribution is 1.86. The van der Waals surface area contributed by atoms with Crippen molar-refractivity contribution in [2.75, 3.05) is 0 Å². The van der Waals surface area contributed by atoms with Crippen LogP contribution in [0.2, 0.25) is 0 Å². The van der Waals surface area contributed by atoms with Gasteiger partial charge in [-0.3, -0.25) is 4.99 Å². The molecule has 1 nitrogen and oxygen atoms in total. The third-order valence-electron chi connectivity index (χ3n) is 0.849. The topological polar surface area (TPSA) is 12.4 Å². The van der Waals surface area contributed by atoms with Gasteiger partial charge in [-0.1, -0.05) is 0 Å². The summed E-state index contributed by atoms with van der Waals surface area (Å²) < 4.78 is 0. The van der Waals surface area contributed by atoms with Crippen LogP contribution in [0.4, 0.5) is 0 Å². The van der Waals surface area contributed by atoms with Crippen LogP contribution in [0, 0.1) is 0 Å². The smallest absolute Gasteiger partial charge is 0.0449 e. The summed E-state index contributed by atoms with van der Waals surface area (Å²) in [4.78, 5) is 4.01. The Morgan fingerprint density at radius 1 is 1.62 bits per heavy atom. The molecule has 1 heteroatoms. The molecule has 1 heterocycles. The van der Waals surface area contributed by atoms with Crippen LogP contribution in [0.25, 0.3) is 0 Å². The standard InChI is InChI=1S/C7H7N/c1-7-5-3-2-4-6-8-7/h2,4-6H,1H3. The third kappa shape index (κ3) is 1.21. The zero-order valence-electron chi connectivity index (χ0n) is 4.76. The summed E-state index contributed by atoms with van der Waals surface area (Å²) in [5.74, 6) is 0. The van der Waals surface area contributed by atoms with Gasteiger partial charge in [-0.2, -0.15) is 0 Å². The summed E-state index contributed by atoms with van der Waals surface area (Å²) in [6.45, 7) is 1.94. The molecule has 0 bridgehead atoms. The Morgan fingerprint density at radius 2 is 2.50 bits per heavy atom. The molecular formula is C7H7N. The predicted octanol–water partition coefficient (Wildman–Crippen LogP) is 1.69. The first-order valence-corrected chi connectivity index (χ1v) is 2.51. The zero-order valence-corrected chi connectivity index (χ0v) is 4.76. The number of nitrogens with zero attached hydrogens (tertiary/aromatic N) is 1. The summed E-state index contributed by atoms with van der Waals surface area (Å²) in [5.41, 5.74) is 3.92. The van der Waals surface area contributed by atoms with E-state index in [0.29, 0.717) is 0 Å². The maximum absolute atomic E-state index is 4.01. The molecule has 0 aromatic rings. The molecule has 0 aromatic carbocycles. The maximum atomic E-state index is 4.01. The van der Waals surface area contributed by atoms with E-state index in [4.69, 9.17) is 0 Å². The number of hydrogen-bond donors (Lipinski definition) is 0. The van der Waals surface area contributed by atoms with Crippen LogP contribution in [-0.4, -0.2) is 5.71 Å². The number of hydrogen-bond acceptors (Lipinski definition) is 1. The summed E-state index contributed by atoms with van der Waals surface area (Å²) in [5, 5.41) is 0. The SMILES string of the molecule is CC1=NC=CC=C=C1. The lowest BCUT2D eigenvalue weighted by atomic mass is 10.4. The first-order valence-electron chi connectivity index (χ1n) is 2.51. The Morgan fingerprint density at radius 3 is 3.38 bits per heavy atom. The van der Waals surface area contributed by atoms with Crippen molar-refractivity contribution in [3.8, 4) is 0 Å². The predicted molar refractivity (Wildman–Crippen MR) is 34.9 cm³/mol. The van der Waals surface area contributed by atoms with Gasteiger partial charge in [-0.05, 0) is 19.1 Å². The maximum Gasteiger partial charge on any atom is 0.0449 e. The Bertz CT molecular complexity index is 190. The van der Waals surface area contributed by atoms with Crippen molar-refractivity contribution in [1.29, 1.82) is 0 Å². The molecule has 1 rings (SSSR count). The van der Waals surface area contributed by atoms with Crippen LogP contribution >= 0.6 is 0 Å². The molecule has 0 fully saturated rings. The van der Waals surface area contributed by atoms with E-state index in [9.17, 15) is 0 Å². The molecule has 0 saturated carbocycles. The highest BCUT2D eigenvalue weighted by molar-refractivity contribution is 5.93. The summed E-state index contributed by atoms with van der Waals surface area (Å²) in [6.07, 6.45) is 7.29. The Labute approximate surface area is 48.7 Å². The molecule has 1 aliphatic heterocycles. The lowest BCUT2D eigenvalue weighted by Crippen LogP contribution is -1.77. The van der Waals surface area contributed by atoms with Crippen molar-refractivity contribution >= 4 is 5.71 Å². The third-order valence-corrected chi connectivity index (χ3v) is 0.849. The first kappa shape index (κ1) is 5.07. The van der Waals surface area contributed by atoms with Crippen LogP contribution in [0.3, 0.4) is 0 Å². The van der Waals surface area contributed by atoms with Crippen LogP contribution in [0.5, 0.6) is 0 Å². The van der Waals surface area contributed by atoms with E-state index >= 15 is 0 Å². The second-order valence-corrected chi connectivity index (χ2v) is 1.59. The minimum absolute atomic E-state index is 0.995. The fourth-order valence-corrected chi connectivity index (χ4v) is 0.465. The van der Waals surface area contributed by atoms with Gasteiger partial charge < -0.3 is 0 Å². The molecule has 0 unspecified atom stereocenters. The number of rotatable bonds is 0. The Kier molecular flexibility index (Phi) is 1.45. The molecular weight excluding hydrogens is 98.1 g/mol. The van der Waals surface area contributed by atoms with E-state index in [1.165, 1.54) is 0 Å². The van der Waals surface area contributed by atoms with E-state index < -0.39 is 0 Å². The minimum atomic E-state index is 0.995. The zero-order chi connectivity index (χ0) is 5.82.